The minimum atomic E-state index is 0.667. The van der Waals surface area contributed by atoms with Gasteiger partial charge in [-0.2, -0.15) is 0 Å². The summed E-state index contributed by atoms with van der Waals surface area (Å²) in [4.78, 5) is 0. The highest BCUT2D eigenvalue weighted by atomic mass is 14.5. The van der Waals surface area contributed by atoms with E-state index >= 15 is 0 Å². The van der Waals surface area contributed by atoms with E-state index in [9.17, 15) is 0 Å². The molecule has 1 aliphatic rings. The van der Waals surface area contributed by atoms with E-state index in [2.05, 4.69) is 32.6 Å². The molecule has 1 rings (SSSR count). The van der Waals surface area contributed by atoms with Crippen molar-refractivity contribution in [2.75, 3.05) is 0 Å². The summed E-state index contributed by atoms with van der Waals surface area (Å²) < 4.78 is 0. The molecule has 0 aliphatic heterocycles. The van der Waals surface area contributed by atoms with Gasteiger partial charge in [0.1, 0.15) is 0 Å². The molecular weight excluding hydrogens is 134 g/mol. The molecule has 0 aromatic heterocycles. The molecule has 0 spiro atoms. The van der Waals surface area contributed by atoms with E-state index in [1.165, 1.54) is 6.42 Å². The van der Waals surface area contributed by atoms with Crippen LogP contribution in [-0.2, 0) is 0 Å². The highest BCUT2D eigenvalue weighted by Crippen LogP contribution is 2.22. The highest BCUT2D eigenvalue weighted by Gasteiger charge is 2.11. The summed E-state index contributed by atoms with van der Waals surface area (Å²) in [5.41, 5.74) is 5.58. The van der Waals surface area contributed by atoms with Crippen molar-refractivity contribution >= 4 is 0 Å². The maximum atomic E-state index is 4.92. The second-order valence-electron chi connectivity index (χ2n) is 3.35. The summed E-state index contributed by atoms with van der Waals surface area (Å²) in [5.74, 6) is 1.74. The fraction of sp³-hybridized carbons (Fsp3) is 0.600. The molecule has 1 aliphatic carbocycles. The summed E-state index contributed by atoms with van der Waals surface area (Å²) in [6.45, 7) is 9.65. The predicted octanol–water partition coefficient (Wildman–Crippen LogP) is 2.70. The van der Waals surface area contributed by atoms with Crippen molar-refractivity contribution in [3.63, 3.8) is 0 Å². The van der Waals surface area contributed by atoms with Crippen LogP contribution < -0.4 is 5.73 Å². The third kappa shape index (κ3) is 5.71. The van der Waals surface area contributed by atoms with Gasteiger partial charge in [-0.15, -0.1) is 0 Å². The van der Waals surface area contributed by atoms with E-state index in [0.29, 0.717) is 5.70 Å². The van der Waals surface area contributed by atoms with Gasteiger partial charge in [0.05, 0.1) is 0 Å². The Bertz CT molecular complexity index is 143. The van der Waals surface area contributed by atoms with Crippen molar-refractivity contribution in [2.45, 2.75) is 27.2 Å². The van der Waals surface area contributed by atoms with Gasteiger partial charge in [-0.1, -0.05) is 32.6 Å². The van der Waals surface area contributed by atoms with Gasteiger partial charge in [0.15, 0.2) is 0 Å². The van der Waals surface area contributed by atoms with Crippen LogP contribution in [0.25, 0.3) is 0 Å². The van der Waals surface area contributed by atoms with Crippen LogP contribution in [0.4, 0.5) is 0 Å². The van der Waals surface area contributed by atoms with E-state index in [-0.39, 0.29) is 0 Å². The van der Waals surface area contributed by atoms with Crippen LogP contribution in [0, 0.1) is 11.8 Å². The zero-order valence-corrected chi connectivity index (χ0v) is 7.80. The fourth-order valence-electron chi connectivity index (χ4n) is 0.912. The third-order valence-electron chi connectivity index (χ3n) is 1.85. The van der Waals surface area contributed by atoms with Crippen LogP contribution in [0.15, 0.2) is 24.4 Å². The Hall–Kier alpha value is -0.720. The average molecular weight is 153 g/mol. The molecule has 0 heterocycles. The Morgan fingerprint density at radius 1 is 1.55 bits per heavy atom. The van der Waals surface area contributed by atoms with Crippen LogP contribution >= 0.6 is 0 Å². The largest absolute Gasteiger partial charge is 0.403 e. The molecule has 64 valence electrons. The SMILES string of the molecule is C=C(C)N.CC1CC=C[C@H]1C. The van der Waals surface area contributed by atoms with Crippen molar-refractivity contribution in [2.24, 2.45) is 17.6 Å². The van der Waals surface area contributed by atoms with Gasteiger partial charge in [-0.25, -0.2) is 0 Å². The van der Waals surface area contributed by atoms with Gasteiger partial charge in [-0.05, 0) is 30.9 Å². The van der Waals surface area contributed by atoms with Gasteiger partial charge in [0, 0.05) is 0 Å². The molecule has 0 bridgehead atoms. The van der Waals surface area contributed by atoms with Gasteiger partial charge >= 0.3 is 0 Å². The first-order valence-corrected chi connectivity index (χ1v) is 4.11. The maximum absolute atomic E-state index is 4.92. The highest BCUT2D eigenvalue weighted by molar-refractivity contribution is 4.97. The minimum absolute atomic E-state index is 0.667. The number of rotatable bonds is 0. The second-order valence-corrected chi connectivity index (χ2v) is 3.35. The summed E-state index contributed by atoms with van der Waals surface area (Å²) in [7, 11) is 0. The molecule has 1 unspecified atom stereocenters. The first-order chi connectivity index (χ1) is 5.04. The maximum Gasteiger partial charge on any atom is -0.00242 e. The van der Waals surface area contributed by atoms with E-state index < -0.39 is 0 Å². The van der Waals surface area contributed by atoms with Gasteiger partial charge in [0.2, 0.25) is 0 Å². The fourth-order valence-corrected chi connectivity index (χ4v) is 0.912. The Balaban J connectivity index is 0.000000218. The second kappa shape index (κ2) is 5.00. The Morgan fingerprint density at radius 2 is 2.00 bits per heavy atom. The lowest BCUT2D eigenvalue weighted by Crippen LogP contribution is -1.96. The Morgan fingerprint density at radius 3 is 2.09 bits per heavy atom. The van der Waals surface area contributed by atoms with Crippen LogP contribution in [-0.4, -0.2) is 0 Å². The normalized spacial score (nSPS) is 27.5. The molecule has 2 atom stereocenters. The first kappa shape index (κ1) is 10.3. The summed E-state index contributed by atoms with van der Waals surface area (Å²) in [6.07, 6.45) is 5.86. The average Bonchev–Trinajstić information content (AvgIpc) is 2.15. The molecule has 0 saturated heterocycles. The van der Waals surface area contributed by atoms with Crippen molar-refractivity contribution < 1.29 is 0 Å². The predicted molar refractivity (Wildman–Crippen MR) is 51.1 cm³/mol. The number of allylic oxidation sites excluding steroid dienone is 3. The smallest absolute Gasteiger partial charge is 0.00242 e. The molecule has 0 aromatic carbocycles. The Labute approximate surface area is 70.0 Å². The topological polar surface area (TPSA) is 26.0 Å². The van der Waals surface area contributed by atoms with Crippen LogP contribution in [0.5, 0.6) is 0 Å². The molecule has 0 fully saturated rings. The minimum Gasteiger partial charge on any atom is -0.403 e. The van der Waals surface area contributed by atoms with Crippen LogP contribution in [0.1, 0.15) is 27.2 Å². The van der Waals surface area contributed by atoms with Crippen molar-refractivity contribution in [1.29, 1.82) is 0 Å². The van der Waals surface area contributed by atoms with Gasteiger partial charge in [0.25, 0.3) is 0 Å². The van der Waals surface area contributed by atoms with E-state index in [1.54, 1.807) is 6.92 Å². The molecule has 11 heavy (non-hydrogen) atoms. The molecule has 0 radical (unpaired) electrons. The summed E-state index contributed by atoms with van der Waals surface area (Å²) in [6, 6.07) is 0. The summed E-state index contributed by atoms with van der Waals surface area (Å²) >= 11 is 0. The molecule has 1 heteroatoms. The molecule has 0 amide bonds. The van der Waals surface area contributed by atoms with Crippen molar-refractivity contribution in [3.05, 3.63) is 24.4 Å². The van der Waals surface area contributed by atoms with Crippen molar-refractivity contribution in [1.82, 2.24) is 0 Å². The lowest BCUT2D eigenvalue weighted by molar-refractivity contribution is 0.498. The van der Waals surface area contributed by atoms with Crippen LogP contribution in [0.3, 0.4) is 0 Å². The number of nitrogens with two attached hydrogens (primary N) is 1. The monoisotopic (exact) mass is 153 g/mol. The standard InChI is InChI=1S/C7H12.C3H7N/c1-6-4-3-5-7(6)2;1-3(2)4/h3-4,6-7H,5H2,1-2H3;1,4H2,2H3/t6-,7?;/m1./s1. The zero-order valence-electron chi connectivity index (χ0n) is 7.80. The van der Waals surface area contributed by atoms with Crippen LogP contribution in [0.2, 0.25) is 0 Å². The summed E-state index contributed by atoms with van der Waals surface area (Å²) in [5, 5.41) is 0. The molecule has 0 saturated carbocycles. The third-order valence-corrected chi connectivity index (χ3v) is 1.85. The van der Waals surface area contributed by atoms with Crippen molar-refractivity contribution in [3.8, 4) is 0 Å². The van der Waals surface area contributed by atoms with E-state index in [0.717, 1.165) is 11.8 Å². The molecule has 1 nitrogen and oxygen atoms in total. The molecule has 2 N–H and O–H groups in total. The van der Waals surface area contributed by atoms with E-state index in [4.69, 9.17) is 5.73 Å². The number of hydrogen-bond acceptors (Lipinski definition) is 1. The van der Waals surface area contributed by atoms with Gasteiger partial charge < -0.3 is 5.73 Å². The Kier molecular flexibility index (Phi) is 4.67. The molecule has 0 aromatic rings. The lowest BCUT2D eigenvalue weighted by Gasteiger charge is -2.04. The van der Waals surface area contributed by atoms with E-state index in [1.807, 2.05) is 0 Å². The molecular formula is C10H19N. The van der Waals surface area contributed by atoms with Gasteiger partial charge in [-0.3, -0.25) is 0 Å². The lowest BCUT2D eigenvalue weighted by atomic mass is 10.0. The zero-order chi connectivity index (χ0) is 8.85. The number of hydrogen-bond donors (Lipinski definition) is 1. The first-order valence-electron chi connectivity index (χ1n) is 4.11. The quantitative estimate of drug-likeness (QED) is 0.532.